The fraction of sp³-hybridized carbons (Fsp3) is 0.154. The smallest absolute Gasteiger partial charge is 0.141 e. The lowest BCUT2D eigenvalue weighted by Crippen LogP contribution is -1.83. The van der Waals surface area contributed by atoms with E-state index in [1.165, 1.54) is 0 Å². The molecule has 1 aromatic carbocycles. The van der Waals surface area contributed by atoms with Crippen molar-refractivity contribution >= 4 is 22.5 Å². The van der Waals surface area contributed by atoms with E-state index in [0.29, 0.717) is 5.02 Å². The molecular weight excluding hydrogens is 236 g/mol. The van der Waals surface area contributed by atoms with Gasteiger partial charge in [0.25, 0.3) is 0 Å². The monoisotopic (exact) mass is 246 g/mol. The van der Waals surface area contributed by atoms with Crippen LogP contribution in [0.3, 0.4) is 0 Å². The number of benzene rings is 1. The van der Waals surface area contributed by atoms with Gasteiger partial charge in [-0.3, -0.25) is 0 Å². The van der Waals surface area contributed by atoms with Crippen LogP contribution in [-0.2, 0) is 0 Å². The SMILES string of the molecule is Cc1noc(C)c1-c1cc(Cl)cc2[nH]ccc12. The first-order valence-electron chi connectivity index (χ1n) is 5.36. The number of aromatic nitrogens is 2. The van der Waals surface area contributed by atoms with Crippen molar-refractivity contribution in [3.63, 3.8) is 0 Å². The first kappa shape index (κ1) is 10.4. The van der Waals surface area contributed by atoms with Crippen molar-refractivity contribution in [2.24, 2.45) is 0 Å². The Morgan fingerprint density at radius 1 is 1.29 bits per heavy atom. The molecule has 17 heavy (non-hydrogen) atoms. The van der Waals surface area contributed by atoms with Crippen LogP contribution in [0.5, 0.6) is 0 Å². The van der Waals surface area contributed by atoms with Crippen LogP contribution in [0.1, 0.15) is 11.5 Å². The number of aryl methyl sites for hydroxylation is 2. The molecule has 0 unspecified atom stereocenters. The van der Waals surface area contributed by atoms with Gasteiger partial charge in [-0.15, -0.1) is 0 Å². The Kier molecular flexibility index (Phi) is 2.23. The number of nitrogens with zero attached hydrogens (tertiary/aromatic N) is 1. The summed E-state index contributed by atoms with van der Waals surface area (Å²) in [5.74, 6) is 0.812. The van der Waals surface area contributed by atoms with Crippen molar-refractivity contribution in [1.29, 1.82) is 0 Å². The number of aromatic amines is 1. The average Bonchev–Trinajstić information content (AvgIpc) is 2.85. The molecule has 0 saturated carbocycles. The topological polar surface area (TPSA) is 41.8 Å². The third-order valence-electron chi connectivity index (χ3n) is 2.94. The van der Waals surface area contributed by atoms with Crippen LogP contribution >= 0.6 is 11.6 Å². The van der Waals surface area contributed by atoms with Gasteiger partial charge in [-0.05, 0) is 37.6 Å². The molecule has 0 bridgehead atoms. The molecule has 0 aliphatic carbocycles. The van der Waals surface area contributed by atoms with E-state index in [0.717, 1.165) is 33.5 Å². The summed E-state index contributed by atoms with van der Waals surface area (Å²) in [6, 6.07) is 5.90. The lowest BCUT2D eigenvalue weighted by molar-refractivity contribution is 0.393. The minimum absolute atomic E-state index is 0.704. The summed E-state index contributed by atoms with van der Waals surface area (Å²) in [5.41, 5.74) is 3.99. The molecule has 86 valence electrons. The summed E-state index contributed by atoms with van der Waals surface area (Å²) in [6.07, 6.45) is 1.91. The third-order valence-corrected chi connectivity index (χ3v) is 3.15. The van der Waals surface area contributed by atoms with Gasteiger partial charge in [-0.25, -0.2) is 0 Å². The van der Waals surface area contributed by atoms with Gasteiger partial charge in [-0.2, -0.15) is 0 Å². The summed E-state index contributed by atoms with van der Waals surface area (Å²) in [4.78, 5) is 3.17. The molecule has 1 N–H and O–H groups in total. The molecule has 4 heteroatoms. The number of rotatable bonds is 1. The minimum atomic E-state index is 0.704. The molecule has 2 heterocycles. The number of halogens is 1. The van der Waals surface area contributed by atoms with E-state index in [9.17, 15) is 0 Å². The first-order valence-corrected chi connectivity index (χ1v) is 5.74. The van der Waals surface area contributed by atoms with E-state index >= 15 is 0 Å². The Balaban J connectivity index is 2.40. The van der Waals surface area contributed by atoms with Crippen LogP contribution in [0, 0.1) is 13.8 Å². The van der Waals surface area contributed by atoms with E-state index in [4.69, 9.17) is 16.1 Å². The Morgan fingerprint density at radius 2 is 2.12 bits per heavy atom. The van der Waals surface area contributed by atoms with Crippen LogP contribution in [0.25, 0.3) is 22.0 Å². The maximum atomic E-state index is 6.13. The Labute approximate surface area is 103 Å². The van der Waals surface area contributed by atoms with Gasteiger partial charge in [0.15, 0.2) is 0 Å². The lowest BCUT2D eigenvalue weighted by atomic mass is 10.0. The molecule has 0 amide bonds. The number of nitrogens with one attached hydrogen (secondary N) is 1. The minimum Gasteiger partial charge on any atom is -0.361 e. The highest BCUT2D eigenvalue weighted by Gasteiger charge is 2.15. The zero-order valence-corrected chi connectivity index (χ0v) is 10.3. The van der Waals surface area contributed by atoms with E-state index in [2.05, 4.69) is 10.1 Å². The van der Waals surface area contributed by atoms with Gasteiger partial charge in [0, 0.05) is 27.7 Å². The molecule has 0 aliphatic rings. The number of hydrogen-bond donors (Lipinski definition) is 1. The van der Waals surface area contributed by atoms with Crippen molar-refractivity contribution in [2.45, 2.75) is 13.8 Å². The summed E-state index contributed by atoms with van der Waals surface area (Å²) >= 11 is 6.13. The first-order chi connectivity index (χ1) is 8.16. The van der Waals surface area contributed by atoms with Crippen molar-refractivity contribution < 1.29 is 4.52 Å². The van der Waals surface area contributed by atoms with Gasteiger partial charge in [0.1, 0.15) is 5.76 Å². The molecule has 0 atom stereocenters. The molecule has 0 spiro atoms. The fourth-order valence-electron chi connectivity index (χ4n) is 2.21. The van der Waals surface area contributed by atoms with Crippen LogP contribution in [0.4, 0.5) is 0 Å². The van der Waals surface area contributed by atoms with Gasteiger partial charge >= 0.3 is 0 Å². The molecule has 2 aromatic heterocycles. The highest BCUT2D eigenvalue weighted by Crippen LogP contribution is 2.35. The van der Waals surface area contributed by atoms with Crippen molar-refractivity contribution in [2.75, 3.05) is 0 Å². The Hall–Kier alpha value is -1.74. The molecule has 0 radical (unpaired) electrons. The van der Waals surface area contributed by atoms with E-state index in [1.54, 1.807) is 0 Å². The maximum absolute atomic E-state index is 6.13. The second kappa shape index (κ2) is 3.64. The highest BCUT2D eigenvalue weighted by atomic mass is 35.5. The maximum Gasteiger partial charge on any atom is 0.141 e. The van der Waals surface area contributed by atoms with Crippen molar-refractivity contribution in [1.82, 2.24) is 10.1 Å². The molecular formula is C13H11ClN2O. The van der Waals surface area contributed by atoms with Gasteiger partial charge in [-0.1, -0.05) is 16.8 Å². The summed E-state index contributed by atoms with van der Waals surface area (Å²) in [7, 11) is 0. The van der Waals surface area contributed by atoms with E-state index in [1.807, 2.05) is 38.2 Å². The van der Waals surface area contributed by atoms with E-state index in [-0.39, 0.29) is 0 Å². The zero-order valence-electron chi connectivity index (χ0n) is 9.54. The molecule has 3 nitrogen and oxygen atoms in total. The Morgan fingerprint density at radius 3 is 2.82 bits per heavy atom. The number of fused-ring (bicyclic) bond motifs is 1. The normalized spacial score (nSPS) is 11.2. The second-order valence-electron chi connectivity index (χ2n) is 4.09. The molecule has 0 fully saturated rings. The van der Waals surface area contributed by atoms with Gasteiger partial charge in [0.2, 0.25) is 0 Å². The third kappa shape index (κ3) is 1.54. The predicted octanol–water partition coefficient (Wildman–Crippen LogP) is 4.09. The standard InChI is InChI=1S/C13H11ClN2O/c1-7-13(8(2)17-16-7)11-5-9(14)6-12-10(11)3-4-15-12/h3-6,15H,1-2H3. The van der Waals surface area contributed by atoms with Crippen LogP contribution in [0.2, 0.25) is 5.02 Å². The molecule has 0 saturated heterocycles. The van der Waals surface area contributed by atoms with E-state index < -0.39 is 0 Å². The van der Waals surface area contributed by atoms with Crippen LogP contribution in [-0.4, -0.2) is 10.1 Å². The fourth-order valence-corrected chi connectivity index (χ4v) is 2.42. The average molecular weight is 247 g/mol. The Bertz CT molecular complexity index is 677. The summed E-state index contributed by atoms with van der Waals surface area (Å²) < 4.78 is 5.21. The number of hydrogen-bond acceptors (Lipinski definition) is 2. The molecule has 0 aliphatic heterocycles. The van der Waals surface area contributed by atoms with Gasteiger partial charge in [0.05, 0.1) is 5.69 Å². The summed E-state index contributed by atoms with van der Waals surface area (Å²) in [5, 5.41) is 5.82. The quantitative estimate of drug-likeness (QED) is 0.703. The lowest BCUT2D eigenvalue weighted by Gasteiger charge is -2.04. The predicted molar refractivity (Wildman–Crippen MR) is 68.3 cm³/mol. The summed E-state index contributed by atoms with van der Waals surface area (Å²) in [6.45, 7) is 3.85. The van der Waals surface area contributed by atoms with Crippen LogP contribution < -0.4 is 0 Å². The second-order valence-corrected chi connectivity index (χ2v) is 4.53. The van der Waals surface area contributed by atoms with Gasteiger partial charge < -0.3 is 9.51 Å². The zero-order chi connectivity index (χ0) is 12.0. The van der Waals surface area contributed by atoms with Crippen LogP contribution in [0.15, 0.2) is 28.9 Å². The van der Waals surface area contributed by atoms with Crippen molar-refractivity contribution in [3.05, 3.63) is 40.9 Å². The number of H-pyrrole nitrogens is 1. The highest BCUT2D eigenvalue weighted by molar-refractivity contribution is 6.32. The molecule has 3 rings (SSSR count). The largest absolute Gasteiger partial charge is 0.361 e. The molecule has 3 aromatic rings. The van der Waals surface area contributed by atoms with Crippen molar-refractivity contribution in [3.8, 4) is 11.1 Å².